The number of hydrogen-bond donors (Lipinski definition) is 0. The van der Waals surface area contributed by atoms with E-state index in [1.807, 2.05) is 0 Å². The number of benzene rings is 2. The number of alkyl halides is 2. The summed E-state index contributed by atoms with van der Waals surface area (Å²) in [4.78, 5) is 12.0. The Bertz CT molecular complexity index is 624. The molecule has 0 spiro atoms. The van der Waals surface area contributed by atoms with E-state index in [1.165, 1.54) is 12.1 Å². The van der Waals surface area contributed by atoms with Crippen molar-refractivity contribution >= 4 is 5.78 Å². The molecule has 6 heteroatoms. The van der Waals surface area contributed by atoms with E-state index in [-0.39, 0.29) is 11.3 Å². The van der Waals surface area contributed by atoms with Gasteiger partial charge in [-0.2, -0.15) is 8.78 Å². The maximum Gasteiger partial charge on any atom is 0.387 e. The Balaban J connectivity index is 2.27. The lowest BCUT2D eigenvalue weighted by Crippen LogP contribution is -2.06. The minimum atomic E-state index is -2.97. The van der Waals surface area contributed by atoms with Crippen LogP contribution < -0.4 is 4.74 Å². The highest BCUT2D eigenvalue weighted by molar-refractivity contribution is 6.09. The number of hydrogen-bond acceptors (Lipinski definition) is 2. The average Bonchev–Trinajstić information content (AvgIpc) is 2.41. The van der Waals surface area contributed by atoms with Crippen molar-refractivity contribution in [3.05, 3.63) is 65.2 Å². The molecule has 0 aliphatic carbocycles. The number of carbonyl (C=O) groups excluding carboxylic acids is 1. The monoisotopic (exact) mass is 284 g/mol. The fourth-order valence-corrected chi connectivity index (χ4v) is 1.61. The summed E-state index contributed by atoms with van der Waals surface area (Å²) in [6, 6.07) is 7.21. The van der Waals surface area contributed by atoms with E-state index in [9.17, 15) is 22.4 Å². The van der Waals surface area contributed by atoms with Crippen molar-refractivity contribution in [2.45, 2.75) is 6.61 Å². The molecule has 0 saturated heterocycles. The zero-order chi connectivity index (χ0) is 14.7. The van der Waals surface area contributed by atoms with Crippen molar-refractivity contribution in [2.75, 3.05) is 0 Å². The van der Waals surface area contributed by atoms with Gasteiger partial charge in [-0.05, 0) is 42.5 Å². The molecule has 0 unspecified atom stereocenters. The molecule has 0 saturated carbocycles. The molecule has 2 aromatic rings. The molecule has 0 bridgehead atoms. The molecule has 0 aliphatic rings. The molecule has 2 aromatic carbocycles. The number of carbonyl (C=O) groups is 1. The number of halogens is 4. The first-order chi connectivity index (χ1) is 9.47. The van der Waals surface area contributed by atoms with Crippen LogP contribution in [-0.2, 0) is 0 Å². The van der Waals surface area contributed by atoms with Gasteiger partial charge in [0.2, 0.25) is 0 Å². The van der Waals surface area contributed by atoms with E-state index in [1.54, 1.807) is 0 Å². The van der Waals surface area contributed by atoms with Gasteiger partial charge in [0.1, 0.15) is 17.4 Å². The predicted octanol–water partition coefficient (Wildman–Crippen LogP) is 3.80. The van der Waals surface area contributed by atoms with Gasteiger partial charge in [-0.25, -0.2) is 8.78 Å². The zero-order valence-corrected chi connectivity index (χ0v) is 9.95. The zero-order valence-electron chi connectivity index (χ0n) is 9.95. The van der Waals surface area contributed by atoms with E-state index < -0.39 is 29.6 Å². The van der Waals surface area contributed by atoms with Gasteiger partial charge in [0.05, 0.1) is 5.56 Å². The highest BCUT2D eigenvalue weighted by atomic mass is 19.3. The summed E-state index contributed by atoms with van der Waals surface area (Å²) in [7, 11) is 0. The third kappa shape index (κ3) is 3.14. The molecular weight excluding hydrogens is 276 g/mol. The lowest BCUT2D eigenvalue weighted by atomic mass is 10.0. The Morgan fingerprint density at radius 2 is 1.65 bits per heavy atom. The topological polar surface area (TPSA) is 26.3 Å². The van der Waals surface area contributed by atoms with Crippen molar-refractivity contribution in [3.63, 3.8) is 0 Å². The fourth-order valence-electron chi connectivity index (χ4n) is 1.61. The second-order valence-electron chi connectivity index (χ2n) is 3.86. The normalized spacial score (nSPS) is 10.7. The van der Waals surface area contributed by atoms with Crippen LogP contribution in [0.2, 0.25) is 0 Å². The van der Waals surface area contributed by atoms with Gasteiger partial charge in [0.25, 0.3) is 0 Å². The Labute approximate surface area is 111 Å². The molecule has 2 nitrogen and oxygen atoms in total. The van der Waals surface area contributed by atoms with Gasteiger partial charge < -0.3 is 4.74 Å². The van der Waals surface area contributed by atoms with Crippen LogP contribution in [0, 0.1) is 11.6 Å². The molecule has 0 fully saturated rings. The van der Waals surface area contributed by atoms with Gasteiger partial charge in [-0.1, -0.05) is 0 Å². The Hall–Kier alpha value is -2.37. The van der Waals surface area contributed by atoms with Gasteiger partial charge in [-0.15, -0.1) is 0 Å². The number of ether oxygens (including phenoxy) is 1. The number of rotatable bonds is 4. The summed E-state index contributed by atoms with van der Waals surface area (Å²) < 4.78 is 54.5. The molecule has 20 heavy (non-hydrogen) atoms. The second-order valence-corrected chi connectivity index (χ2v) is 3.86. The first-order valence-corrected chi connectivity index (χ1v) is 5.52. The molecule has 0 aromatic heterocycles. The van der Waals surface area contributed by atoms with E-state index >= 15 is 0 Å². The third-order valence-electron chi connectivity index (χ3n) is 2.51. The predicted molar refractivity (Wildman–Crippen MR) is 62.9 cm³/mol. The molecule has 104 valence electrons. The van der Waals surface area contributed by atoms with Crippen LogP contribution in [0.5, 0.6) is 5.75 Å². The van der Waals surface area contributed by atoms with Crippen LogP contribution in [0.4, 0.5) is 17.6 Å². The fraction of sp³-hybridized carbons (Fsp3) is 0.0714. The Morgan fingerprint density at radius 1 is 1.00 bits per heavy atom. The Kier molecular flexibility index (Phi) is 4.02. The first kappa shape index (κ1) is 14.0. The van der Waals surface area contributed by atoms with E-state index in [0.29, 0.717) is 0 Å². The summed E-state index contributed by atoms with van der Waals surface area (Å²) in [6.45, 7) is -2.97. The minimum Gasteiger partial charge on any atom is -0.435 e. The van der Waals surface area contributed by atoms with Crippen LogP contribution in [0.3, 0.4) is 0 Å². The molecule has 0 radical (unpaired) electrons. The smallest absolute Gasteiger partial charge is 0.387 e. The Morgan fingerprint density at radius 3 is 2.25 bits per heavy atom. The summed E-state index contributed by atoms with van der Waals surface area (Å²) >= 11 is 0. The third-order valence-corrected chi connectivity index (χ3v) is 2.51. The van der Waals surface area contributed by atoms with Crippen LogP contribution in [0.1, 0.15) is 15.9 Å². The maximum absolute atomic E-state index is 13.4. The molecule has 0 aliphatic heterocycles. The SMILES string of the molecule is O=C(c1ccc(OC(F)F)cc1)c1cc(F)ccc1F. The van der Waals surface area contributed by atoms with Crippen molar-refractivity contribution in [2.24, 2.45) is 0 Å². The van der Waals surface area contributed by atoms with Crippen molar-refractivity contribution in [1.82, 2.24) is 0 Å². The molecular formula is C14H8F4O2. The largest absolute Gasteiger partial charge is 0.435 e. The summed E-state index contributed by atoms with van der Waals surface area (Å²) in [5.41, 5.74) is -0.386. The summed E-state index contributed by atoms with van der Waals surface area (Å²) in [5, 5.41) is 0. The van der Waals surface area contributed by atoms with Crippen molar-refractivity contribution in [3.8, 4) is 5.75 Å². The van der Waals surface area contributed by atoms with E-state index in [0.717, 1.165) is 30.3 Å². The van der Waals surface area contributed by atoms with E-state index in [4.69, 9.17) is 0 Å². The van der Waals surface area contributed by atoms with Gasteiger partial charge >= 0.3 is 6.61 Å². The minimum absolute atomic E-state index is 0.0381. The maximum atomic E-state index is 13.4. The van der Waals surface area contributed by atoms with Crippen molar-refractivity contribution in [1.29, 1.82) is 0 Å². The van der Waals surface area contributed by atoms with Crippen LogP contribution >= 0.6 is 0 Å². The summed E-state index contributed by atoms with van der Waals surface area (Å²) in [6.07, 6.45) is 0. The molecule has 0 N–H and O–H groups in total. The average molecular weight is 284 g/mol. The highest BCUT2D eigenvalue weighted by Crippen LogP contribution is 2.19. The lowest BCUT2D eigenvalue weighted by Gasteiger charge is -2.06. The first-order valence-electron chi connectivity index (χ1n) is 5.52. The van der Waals surface area contributed by atoms with Gasteiger partial charge in [0.15, 0.2) is 5.78 Å². The molecule has 0 heterocycles. The highest BCUT2D eigenvalue weighted by Gasteiger charge is 2.15. The standard InChI is InChI=1S/C14H8F4O2/c15-9-3-6-12(16)11(7-9)13(19)8-1-4-10(5-2-8)20-14(17)18/h1-7,14H. The lowest BCUT2D eigenvalue weighted by molar-refractivity contribution is -0.0498. The second kappa shape index (κ2) is 5.73. The van der Waals surface area contributed by atoms with Gasteiger partial charge in [-0.3, -0.25) is 4.79 Å². The number of ketones is 1. The van der Waals surface area contributed by atoms with Crippen LogP contribution in [0.15, 0.2) is 42.5 Å². The molecule has 0 atom stereocenters. The van der Waals surface area contributed by atoms with Crippen LogP contribution in [-0.4, -0.2) is 12.4 Å². The summed E-state index contributed by atoms with van der Waals surface area (Å²) in [5.74, 6) is -2.47. The van der Waals surface area contributed by atoms with E-state index in [2.05, 4.69) is 4.74 Å². The molecule has 2 rings (SSSR count). The van der Waals surface area contributed by atoms with Crippen molar-refractivity contribution < 1.29 is 27.1 Å². The molecule has 0 amide bonds. The van der Waals surface area contributed by atoms with Crippen LogP contribution in [0.25, 0.3) is 0 Å². The van der Waals surface area contributed by atoms with Gasteiger partial charge in [0, 0.05) is 5.56 Å². The quantitative estimate of drug-likeness (QED) is 0.630.